The van der Waals surface area contributed by atoms with Crippen molar-refractivity contribution in [3.8, 4) is 102 Å². The fourth-order valence-electron chi connectivity index (χ4n) is 20.2. The van der Waals surface area contributed by atoms with Crippen LogP contribution in [0.5, 0.6) is 0 Å². The summed E-state index contributed by atoms with van der Waals surface area (Å²) in [6.45, 7) is 0. The highest BCUT2D eigenvalue weighted by atomic mass is 16.3. The monoisotopic (exact) mass is 1770 g/mol. The van der Waals surface area contributed by atoms with Gasteiger partial charge in [0, 0.05) is 125 Å². The van der Waals surface area contributed by atoms with Crippen molar-refractivity contribution < 1.29 is 26.5 Å². The average Bonchev–Trinajstić information content (AvgIpc) is 1.54. The van der Waals surface area contributed by atoms with Gasteiger partial charge in [0.05, 0.1) is 5.56 Å². The third-order valence-corrected chi connectivity index (χ3v) is 26.7. The Morgan fingerprint density at radius 1 is 0.123 bits per heavy atom. The topological polar surface area (TPSA) is 195 Å². The van der Waals surface area contributed by atoms with E-state index in [0.717, 1.165) is 214 Å². The van der Waals surface area contributed by atoms with Gasteiger partial charge in [0.15, 0.2) is 52.4 Å². The first-order chi connectivity index (χ1) is 68.3. The number of hydrogen-bond acceptors (Lipinski definition) is 15. The van der Waals surface area contributed by atoms with Gasteiger partial charge < -0.3 is 26.5 Å². The molecule has 0 radical (unpaired) electrons. The summed E-state index contributed by atoms with van der Waals surface area (Å²) in [7, 11) is 0. The Kier molecular flexibility index (Phi) is 17.7. The van der Waals surface area contributed by atoms with Crippen LogP contribution >= 0.6 is 0 Å². The number of benzene rings is 21. The van der Waals surface area contributed by atoms with Crippen molar-refractivity contribution in [2.24, 2.45) is 0 Å². The highest BCUT2D eigenvalue weighted by Crippen LogP contribution is 2.46. The second kappa shape index (κ2) is 31.4. The Hall–Kier alpha value is -19.0. The molecule has 0 aliphatic rings. The molecule has 642 valence electrons. The molecule has 0 saturated heterocycles. The molecule has 0 atom stereocenters. The molecule has 0 aliphatic heterocycles. The first kappa shape index (κ1) is 77.7. The van der Waals surface area contributed by atoms with Gasteiger partial charge in [0.2, 0.25) is 0 Å². The predicted molar refractivity (Wildman–Crippen MR) is 557 cm³/mol. The zero-order chi connectivity index (χ0) is 90.6. The van der Waals surface area contributed by atoms with Crippen molar-refractivity contribution >= 4 is 196 Å². The molecule has 0 amide bonds. The van der Waals surface area contributed by atoms with Crippen LogP contribution < -0.4 is 0 Å². The second-order valence-corrected chi connectivity index (χ2v) is 34.8. The Balaban J connectivity index is 0.000000102. The van der Waals surface area contributed by atoms with Gasteiger partial charge in [-0.3, -0.25) is 0 Å². The lowest BCUT2D eigenvalue weighted by Crippen LogP contribution is -2.00. The van der Waals surface area contributed by atoms with E-state index in [2.05, 4.69) is 206 Å². The number of furan rings is 6. The summed E-state index contributed by atoms with van der Waals surface area (Å²) in [5.74, 6) is 5.47. The number of fused-ring (bicyclic) bond motifs is 30. The minimum Gasteiger partial charge on any atom is -0.456 e. The first-order valence-corrected chi connectivity index (χ1v) is 45.8. The maximum atomic E-state index is 6.38. The van der Waals surface area contributed by atoms with E-state index in [4.69, 9.17) is 71.4 Å². The summed E-state index contributed by atoms with van der Waals surface area (Å²) in [4.78, 5) is 45.1. The van der Waals surface area contributed by atoms with E-state index >= 15 is 0 Å². The Morgan fingerprint density at radius 2 is 0.377 bits per heavy atom. The molecular weight excluding hydrogens is 1700 g/mol. The summed E-state index contributed by atoms with van der Waals surface area (Å²) in [5.41, 5.74) is 18.5. The molecule has 0 saturated carbocycles. The lowest BCUT2D eigenvalue weighted by molar-refractivity contribution is 0.668. The van der Waals surface area contributed by atoms with E-state index < -0.39 is 0 Å². The zero-order valence-corrected chi connectivity index (χ0v) is 73.3. The minimum atomic E-state index is 0.568. The molecule has 9 aromatic heterocycles. The standard InChI is InChI=1S/3C41H23N3O2/c1-2-9-25(10-3-1)39-42-40(44-41(43-39)32-14-8-13-30-29-11-4-6-15-33(29)46-38(30)32)27-19-21-28-26(23-27)18-17-24-20-22-35-37(36(24)28)31-12-5-7-16-34(31)45-35;1-2-8-25(9-3-1)39-42-40(44-41(43-39)28-18-20-35-32(23-28)30-10-4-6-12-33(30)45-35)27-16-19-29-26(22-27)15-14-24-17-21-36-38(37(24)29)31-11-5-7-13-34(31)46-36;1-2-8-25(9-3-1)39-42-40(44-41(43-39)28-17-20-31-30-10-4-6-12-33(30)46-36(31)23-28)27-16-19-29-26(22-27)15-14-24-18-21-35-38(37(24)29)32-11-5-7-13-34(32)45-35/h3*1-23H. The van der Waals surface area contributed by atoms with Gasteiger partial charge in [0.1, 0.15) is 67.0 Å². The summed E-state index contributed by atoms with van der Waals surface area (Å²) in [6, 6.07) is 143. The number of aromatic nitrogens is 9. The Labute approximate surface area is 783 Å². The molecule has 0 unspecified atom stereocenters. The van der Waals surface area contributed by atoms with Gasteiger partial charge in [-0.25, -0.2) is 44.9 Å². The van der Waals surface area contributed by atoms with Gasteiger partial charge in [-0.05, 0) is 158 Å². The van der Waals surface area contributed by atoms with Crippen LogP contribution in [0.4, 0.5) is 0 Å². The quantitative estimate of drug-likeness (QED) is 0.124. The number of hydrogen-bond donors (Lipinski definition) is 0. The molecule has 9 heterocycles. The molecule has 30 aromatic rings. The average molecular weight is 1770 g/mol. The van der Waals surface area contributed by atoms with E-state index in [1.165, 1.54) is 32.3 Å². The van der Waals surface area contributed by atoms with Crippen LogP contribution in [-0.4, -0.2) is 44.9 Å². The largest absolute Gasteiger partial charge is 0.456 e. The molecule has 0 N–H and O–H groups in total. The molecular formula is C123H69N9O6. The maximum Gasteiger partial charge on any atom is 0.167 e. The number of para-hydroxylation sites is 7. The van der Waals surface area contributed by atoms with E-state index in [1.54, 1.807) is 0 Å². The fraction of sp³-hybridized carbons (Fsp3) is 0. The van der Waals surface area contributed by atoms with Gasteiger partial charge >= 0.3 is 0 Å². The van der Waals surface area contributed by atoms with E-state index in [-0.39, 0.29) is 0 Å². The molecule has 15 heteroatoms. The highest BCUT2D eigenvalue weighted by Gasteiger charge is 2.25. The minimum absolute atomic E-state index is 0.568. The van der Waals surface area contributed by atoms with E-state index in [1.807, 2.05) is 212 Å². The van der Waals surface area contributed by atoms with Crippen molar-refractivity contribution in [3.63, 3.8) is 0 Å². The predicted octanol–water partition coefficient (Wildman–Crippen LogP) is 32.9. The molecule has 0 spiro atoms. The molecule has 15 nitrogen and oxygen atoms in total. The normalized spacial score (nSPS) is 11.9. The molecule has 0 aliphatic carbocycles. The van der Waals surface area contributed by atoms with Crippen molar-refractivity contribution in [2.45, 2.75) is 0 Å². The van der Waals surface area contributed by atoms with Gasteiger partial charge in [-0.1, -0.05) is 309 Å². The van der Waals surface area contributed by atoms with Crippen molar-refractivity contribution in [1.29, 1.82) is 0 Å². The molecule has 0 bridgehead atoms. The van der Waals surface area contributed by atoms with E-state index in [9.17, 15) is 0 Å². The number of nitrogens with zero attached hydrogens (tertiary/aromatic N) is 9. The van der Waals surface area contributed by atoms with Crippen LogP contribution in [0.3, 0.4) is 0 Å². The third kappa shape index (κ3) is 13.0. The molecule has 21 aromatic carbocycles. The second-order valence-electron chi connectivity index (χ2n) is 34.8. The summed E-state index contributed by atoms with van der Waals surface area (Å²) in [5, 5.41) is 27.0. The van der Waals surface area contributed by atoms with Gasteiger partial charge in [-0.15, -0.1) is 0 Å². The molecule has 138 heavy (non-hydrogen) atoms. The van der Waals surface area contributed by atoms with Crippen molar-refractivity contribution in [3.05, 3.63) is 419 Å². The van der Waals surface area contributed by atoms with Crippen molar-refractivity contribution in [2.75, 3.05) is 0 Å². The maximum absolute atomic E-state index is 6.38. The first-order valence-electron chi connectivity index (χ1n) is 45.8. The van der Waals surface area contributed by atoms with Crippen LogP contribution in [0.25, 0.3) is 299 Å². The lowest BCUT2D eigenvalue weighted by Gasteiger charge is -2.10. The van der Waals surface area contributed by atoms with Gasteiger partial charge in [-0.2, -0.15) is 0 Å². The summed E-state index contributed by atoms with van der Waals surface area (Å²) < 4.78 is 37.3. The van der Waals surface area contributed by atoms with Crippen LogP contribution in [0.15, 0.2) is 445 Å². The SMILES string of the molecule is c1ccc(-c2nc(-c3ccc4c(ccc5ccc6oc7ccccc7c6c54)c3)nc(-c3ccc4c(c3)oc3ccccc34)n2)cc1.c1ccc(-c2nc(-c3ccc4c(ccc5ccc6oc7ccccc7c6c54)c3)nc(-c3ccc4oc5ccccc5c4c3)n2)cc1.c1ccc(-c2nc(-c3ccc4c(ccc5ccc6oc7ccccc7c6c54)c3)nc(-c3cccc4c3oc3ccccc34)n2)cc1. The fourth-order valence-corrected chi connectivity index (χ4v) is 20.2. The smallest absolute Gasteiger partial charge is 0.167 e. The van der Waals surface area contributed by atoms with Crippen LogP contribution in [0.1, 0.15) is 0 Å². The number of rotatable bonds is 9. The third-order valence-electron chi connectivity index (χ3n) is 26.7. The molecule has 0 fully saturated rings. The summed E-state index contributed by atoms with van der Waals surface area (Å²) >= 11 is 0. The van der Waals surface area contributed by atoms with E-state index in [0.29, 0.717) is 52.4 Å². The lowest BCUT2D eigenvalue weighted by atomic mass is 9.96. The van der Waals surface area contributed by atoms with Crippen LogP contribution in [0, 0.1) is 0 Å². The Morgan fingerprint density at radius 3 is 0.783 bits per heavy atom. The van der Waals surface area contributed by atoms with Crippen LogP contribution in [-0.2, 0) is 0 Å². The summed E-state index contributed by atoms with van der Waals surface area (Å²) in [6.07, 6.45) is 0. The molecule has 30 rings (SSSR count). The van der Waals surface area contributed by atoms with Gasteiger partial charge in [0.25, 0.3) is 0 Å². The zero-order valence-electron chi connectivity index (χ0n) is 73.3. The van der Waals surface area contributed by atoms with Crippen LogP contribution in [0.2, 0.25) is 0 Å². The Bertz CT molecular complexity index is 10300. The highest BCUT2D eigenvalue weighted by molar-refractivity contribution is 6.30. The van der Waals surface area contributed by atoms with Crippen molar-refractivity contribution in [1.82, 2.24) is 44.9 Å².